The van der Waals surface area contributed by atoms with Gasteiger partial charge in [-0.15, -0.1) is 0 Å². The third kappa shape index (κ3) is 2.33. The molecular weight excluding hydrogens is 296 g/mol. The van der Waals surface area contributed by atoms with E-state index in [1.165, 1.54) is 0 Å². The Balaban J connectivity index is 2.70. The molecule has 8 heteroatoms. The largest absolute Gasteiger partial charge is 0.504 e. The summed E-state index contributed by atoms with van der Waals surface area (Å²) in [5.41, 5.74) is -1.73. The van der Waals surface area contributed by atoms with Crippen molar-refractivity contribution in [1.82, 2.24) is 0 Å². The maximum absolute atomic E-state index is 12.3. The number of benzene rings is 2. The van der Waals surface area contributed by atoms with Gasteiger partial charge in [0.2, 0.25) is 5.75 Å². The van der Waals surface area contributed by atoms with Gasteiger partial charge in [0.25, 0.3) is 0 Å². The van der Waals surface area contributed by atoms with Crippen LogP contribution in [0.3, 0.4) is 0 Å². The zero-order chi connectivity index (χ0) is 16.6. The minimum absolute atomic E-state index is 0.238. The Bertz CT molecular complexity index is 794. The normalized spacial score (nSPS) is 10.4. The Morgan fingerprint density at radius 2 is 1.41 bits per heavy atom. The van der Waals surface area contributed by atoms with Crippen LogP contribution in [0.2, 0.25) is 0 Å². The molecule has 0 atom stereocenters. The number of phenols is 5. The SMILES string of the molecule is O=C(O)c1cc(O)c(O)c(O)c1C(=O)c1ccc(O)c(O)c1. The molecule has 0 unspecified atom stereocenters. The Morgan fingerprint density at radius 3 is 1.95 bits per heavy atom. The molecule has 2 aromatic carbocycles. The Morgan fingerprint density at radius 1 is 0.773 bits per heavy atom. The summed E-state index contributed by atoms with van der Waals surface area (Å²) in [5, 5.41) is 56.2. The number of hydrogen-bond donors (Lipinski definition) is 6. The highest BCUT2D eigenvalue weighted by atomic mass is 16.4. The van der Waals surface area contributed by atoms with Crippen molar-refractivity contribution >= 4 is 11.8 Å². The van der Waals surface area contributed by atoms with Crippen molar-refractivity contribution < 1.29 is 40.2 Å². The molecule has 2 rings (SSSR count). The predicted octanol–water partition coefficient (Wildman–Crippen LogP) is 1.14. The number of carbonyl (C=O) groups excluding carboxylic acids is 1. The minimum atomic E-state index is -1.61. The minimum Gasteiger partial charge on any atom is -0.504 e. The van der Waals surface area contributed by atoms with Crippen molar-refractivity contribution in [3.05, 3.63) is 41.0 Å². The van der Waals surface area contributed by atoms with Gasteiger partial charge >= 0.3 is 5.97 Å². The molecule has 0 bridgehead atoms. The molecule has 0 saturated heterocycles. The van der Waals surface area contributed by atoms with Crippen LogP contribution in [0.25, 0.3) is 0 Å². The van der Waals surface area contributed by atoms with E-state index in [1.807, 2.05) is 0 Å². The summed E-state index contributed by atoms with van der Waals surface area (Å²) in [6.45, 7) is 0. The molecule has 22 heavy (non-hydrogen) atoms. The first-order valence-electron chi connectivity index (χ1n) is 5.82. The highest BCUT2D eigenvalue weighted by Gasteiger charge is 2.27. The van der Waals surface area contributed by atoms with E-state index in [1.54, 1.807) is 0 Å². The second kappa shape index (κ2) is 5.17. The predicted molar refractivity (Wildman–Crippen MR) is 71.6 cm³/mol. The fourth-order valence-electron chi connectivity index (χ4n) is 1.85. The van der Waals surface area contributed by atoms with E-state index in [0.29, 0.717) is 6.07 Å². The zero-order valence-electron chi connectivity index (χ0n) is 10.8. The molecule has 0 heterocycles. The first-order valence-corrected chi connectivity index (χ1v) is 5.82. The highest BCUT2D eigenvalue weighted by molar-refractivity contribution is 6.16. The molecule has 6 N–H and O–H groups in total. The van der Waals surface area contributed by atoms with Crippen molar-refractivity contribution in [3.8, 4) is 28.7 Å². The van der Waals surface area contributed by atoms with Crippen molar-refractivity contribution in [2.45, 2.75) is 0 Å². The third-order valence-electron chi connectivity index (χ3n) is 2.95. The summed E-state index contributed by atoms with van der Waals surface area (Å²) in [5.74, 6) is -6.80. The summed E-state index contributed by atoms with van der Waals surface area (Å²) in [7, 11) is 0. The van der Waals surface area contributed by atoms with Gasteiger partial charge in [-0.1, -0.05) is 0 Å². The Labute approximate surface area is 122 Å². The number of hydrogen-bond acceptors (Lipinski definition) is 7. The van der Waals surface area contributed by atoms with Crippen molar-refractivity contribution in [1.29, 1.82) is 0 Å². The molecule has 0 aliphatic heterocycles. The van der Waals surface area contributed by atoms with Gasteiger partial charge in [-0.3, -0.25) is 4.79 Å². The molecule has 0 aliphatic rings. The monoisotopic (exact) mass is 306 g/mol. The standard InChI is InChI=1S/C14H10O8/c15-7-2-1-5(3-8(7)16)11(18)10-6(14(21)22)4-9(17)12(19)13(10)20/h1-4,15-17,19-20H,(H,21,22). The topological polar surface area (TPSA) is 156 Å². The summed E-state index contributed by atoms with van der Waals surface area (Å²) >= 11 is 0. The summed E-state index contributed by atoms with van der Waals surface area (Å²) in [4.78, 5) is 23.5. The molecule has 0 aliphatic carbocycles. The first kappa shape index (κ1) is 15.0. The van der Waals surface area contributed by atoms with Crippen molar-refractivity contribution in [2.75, 3.05) is 0 Å². The number of aromatic carboxylic acids is 1. The van der Waals surface area contributed by atoms with E-state index in [9.17, 15) is 35.1 Å². The molecule has 2 aromatic rings. The van der Waals surface area contributed by atoms with Gasteiger partial charge in [0.1, 0.15) is 0 Å². The van der Waals surface area contributed by atoms with E-state index >= 15 is 0 Å². The van der Waals surface area contributed by atoms with Crippen LogP contribution in [0.1, 0.15) is 26.3 Å². The van der Waals surface area contributed by atoms with Crippen LogP contribution >= 0.6 is 0 Å². The van der Waals surface area contributed by atoms with Crippen LogP contribution in [0.4, 0.5) is 0 Å². The van der Waals surface area contributed by atoms with E-state index in [4.69, 9.17) is 5.11 Å². The van der Waals surface area contributed by atoms with Crippen molar-refractivity contribution in [3.63, 3.8) is 0 Å². The van der Waals surface area contributed by atoms with E-state index < -0.39 is 51.6 Å². The van der Waals surface area contributed by atoms with Gasteiger partial charge in [-0.25, -0.2) is 4.79 Å². The average molecular weight is 306 g/mol. The number of ketones is 1. The molecule has 0 spiro atoms. The van der Waals surface area contributed by atoms with Gasteiger partial charge in [0.05, 0.1) is 11.1 Å². The molecule has 0 saturated carbocycles. The smallest absolute Gasteiger partial charge is 0.336 e. The summed E-state index contributed by atoms with van der Waals surface area (Å²) in [6.07, 6.45) is 0. The lowest BCUT2D eigenvalue weighted by Gasteiger charge is -2.11. The van der Waals surface area contributed by atoms with Crippen LogP contribution < -0.4 is 0 Å². The Kier molecular flexibility index (Phi) is 3.52. The third-order valence-corrected chi connectivity index (χ3v) is 2.95. The molecule has 8 nitrogen and oxygen atoms in total. The lowest BCUT2D eigenvalue weighted by molar-refractivity contribution is 0.0691. The molecule has 0 aromatic heterocycles. The van der Waals surface area contributed by atoms with E-state index in [0.717, 1.165) is 18.2 Å². The van der Waals surface area contributed by atoms with Crippen LogP contribution in [0, 0.1) is 0 Å². The molecular formula is C14H10O8. The second-order valence-corrected chi connectivity index (χ2v) is 4.35. The van der Waals surface area contributed by atoms with E-state index in [-0.39, 0.29) is 5.56 Å². The molecule has 0 amide bonds. The van der Waals surface area contributed by atoms with E-state index in [2.05, 4.69) is 0 Å². The summed E-state index contributed by atoms with van der Waals surface area (Å²) < 4.78 is 0. The van der Waals surface area contributed by atoms with Crippen LogP contribution in [0.15, 0.2) is 24.3 Å². The fourth-order valence-corrected chi connectivity index (χ4v) is 1.85. The second-order valence-electron chi connectivity index (χ2n) is 4.35. The average Bonchev–Trinajstić information content (AvgIpc) is 2.46. The van der Waals surface area contributed by atoms with Crippen LogP contribution in [-0.4, -0.2) is 42.4 Å². The van der Waals surface area contributed by atoms with Crippen LogP contribution in [-0.2, 0) is 0 Å². The summed E-state index contributed by atoms with van der Waals surface area (Å²) in [6, 6.07) is 3.57. The van der Waals surface area contributed by atoms with Gasteiger partial charge in [-0.2, -0.15) is 0 Å². The highest BCUT2D eigenvalue weighted by Crippen LogP contribution is 2.41. The lowest BCUT2D eigenvalue weighted by atomic mass is 9.96. The van der Waals surface area contributed by atoms with Crippen molar-refractivity contribution in [2.24, 2.45) is 0 Å². The van der Waals surface area contributed by atoms with Gasteiger partial charge in [0, 0.05) is 5.56 Å². The maximum Gasteiger partial charge on any atom is 0.336 e. The zero-order valence-corrected chi connectivity index (χ0v) is 10.8. The number of phenolic OH excluding ortho intramolecular Hbond substituents is 5. The van der Waals surface area contributed by atoms with Gasteiger partial charge < -0.3 is 30.6 Å². The quantitative estimate of drug-likeness (QED) is 0.364. The maximum atomic E-state index is 12.3. The fraction of sp³-hybridized carbons (Fsp3) is 0. The number of carboxylic acids is 1. The Hall–Kier alpha value is -3.42. The van der Waals surface area contributed by atoms with Crippen LogP contribution in [0.5, 0.6) is 28.7 Å². The lowest BCUT2D eigenvalue weighted by Crippen LogP contribution is -2.10. The van der Waals surface area contributed by atoms with Gasteiger partial charge in [-0.05, 0) is 24.3 Å². The number of carbonyl (C=O) groups is 2. The van der Waals surface area contributed by atoms with Gasteiger partial charge in [0.15, 0.2) is 28.8 Å². The number of rotatable bonds is 3. The molecule has 0 fully saturated rings. The number of aromatic hydroxyl groups is 5. The first-order chi connectivity index (χ1) is 10.2. The number of carboxylic acid groups (broad SMARTS) is 1. The molecule has 114 valence electrons. The molecule has 0 radical (unpaired) electrons.